The molecule has 1 heterocycles. The number of hydrogen-bond acceptors (Lipinski definition) is 4. The maximum atomic E-state index is 5.76. The summed E-state index contributed by atoms with van der Waals surface area (Å²) in [6.45, 7) is 4.40. The first kappa shape index (κ1) is 20.7. The van der Waals surface area contributed by atoms with Gasteiger partial charge in [-0.3, -0.25) is 0 Å². The summed E-state index contributed by atoms with van der Waals surface area (Å²) in [6.07, 6.45) is 17.8. The van der Waals surface area contributed by atoms with Gasteiger partial charge in [-0.25, -0.2) is 4.68 Å². The first-order valence-electron chi connectivity index (χ1n) is 11.3. The summed E-state index contributed by atoms with van der Waals surface area (Å²) in [4.78, 5) is 3.55. The van der Waals surface area contributed by atoms with Crippen LogP contribution < -0.4 is 0 Å². The fourth-order valence-electron chi connectivity index (χ4n) is 4.82. The molecule has 0 saturated heterocycles. The third kappa shape index (κ3) is 6.23. The van der Waals surface area contributed by atoms with Gasteiger partial charge < -0.3 is 4.90 Å². The lowest BCUT2D eigenvalue weighted by Gasteiger charge is -2.28. The number of aryl methyl sites for hydroxylation is 1. The lowest BCUT2D eigenvalue weighted by atomic mass is 9.87. The minimum atomic E-state index is 0.512. The van der Waals surface area contributed by atoms with Gasteiger partial charge in [0.2, 0.25) is 0 Å². The Balaban J connectivity index is 1.41. The van der Waals surface area contributed by atoms with Crippen molar-refractivity contribution in [1.82, 2.24) is 25.1 Å². The van der Waals surface area contributed by atoms with Crippen molar-refractivity contribution in [1.29, 1.82) is 0 Å². The largest absolute Gasteiger partial charge is 0.366 e. The number of rotatable bonds is 9. The van der Waals surface area contributed by atoms with E-state index in [2.05, 4.69) is 32.0 Å². The smallest absolute Gasteiger partial charge is 0.151 e. The number of tetrazole rings is 1. The van der Waals surface area contributed by atoms with Crippen molar-refractivity contribution < 1.29 is 0 Å². The Morgan fingerprint density at radius 1 is 1.07 bits per heavy atom. The molecule has 0 spiro atoms. The van der Waals surface area contributed by atoms with E-state index in [1.807, 2.05) is 0 Å². The van der Waals surface area contributed by atoms with E-state index in [1.165, 1.54) is 70.6 Å². The molecule has 1 aromatic heterocycles. The van der Waals surface area contributed by atoms with Gasteiger partial charge in [0.05, 0.1) is 11.0 Å². The molecule has 5 nitrogen and oxygen atoms in total. The molecule has 0 radical (unpaired) electrons. The maximum absolute atomic E-state index is 5.76. The molecule has 0 aliphatic heterocycles. The van der Waals surface area contributed by atoms with Crippen LogP contribution >= 0.6 is 12.2 Å². The van der Waals surface area contributed by atoms with Crippen LogP contribution in [0.15, 0.2) is 0 Å². The van der Waals surface area contributed by atoms with Crippen molar-refractivity contribution in [2.45, 2.75) is 103 Å². The molecule has 0 amide bonds. The molecule has 3 rings (SSSR count). The van der Waals surface area contributed by atoms with E-state index >= 15 is 0 Å². The zero-order valence-corrected chi connectivity index (χ0v) is 17.9. The molecule has 2 fully saturated rings. The molecule has 6 heteroatoms. The minimum Gasteiger partial charge on any atom is -0.366 e. The van der Waals surface area contributed by atoms with Gasteiger partial charge >= 0.3 is 0 Å². The van der Waals surface area contributed by atoms with Gasteiger partial charge in [-0.05, 0) is 55.4 Å². The lowest BCUT2D eigenvalue weighted by molar-refractivity contribution is 0.301. The maximum Gasteiger partial charge on any atom is 0.151 e. The van der Waals surface area contributed by atoms with Crippen molar-refractivity contribution in [3.63, 3.8) is 0 Å². The third-order valence-corrected chi connectivity index (χ3v) is 7.00. The van der Waals surface area contributed by atoms with E-state index in [9.17, 15) is 0 Å². The molecule has 152 valence electrons. The predicted octanol–water partition coefficient (Wildman–Crippen LogP) is 5.12. The van der Waals surface area contributed by atoms with E-state index in [4.69, 9.17) is 12.2 Å². The standard InChI is InChI=1S/C21H37N5S/c1-2-25(17-16-18-10-5-3-6-11-18)21(27)15-9-14-20-22-23-24-26(20)19-12-7-4-8-13-19/h18-19H,2-17H2,1H3. The van der Waals surface area contributed by atoms with E-state index in [0.717, 1.165) is 49.1 Å². The number of nitrogens with zero attached hydrogens (tertiary/aromatic N) is 5. The minimum absolute atomic E-state index is 0.512. The molecular formula is C21H37N5S. The van der Waals surface area contributed by atoms with Crippen LogP contribution in [-0.4, -0.2) is 43.2 Å². The van der Waals surface area contributed by atoms with Crippen molar-refractivity contribution >= 4 is 17.2 Å². The molecule has 0 bridgehead atoms. The average Bonchev–Trinajstić information content (AvgIpc) is 3.18. The molecule has 1 aromatic rings. The highest BCUT2D eigenvalue weighted by Gasteiger charge is 2.20. The quantitative estimate of drug-likeness (QED) is 0.547. The number of hydrogen-bond donors (Lipinski definition) is 0. The lowest BCUT2D eigenvalue weighted by Crippen LogP contribution is -2.31. The van der Waals surface area contributed by atoms with Crippen molar-refractivity contribution in [3.05, 3.63) is 5.82 Å². The zero-order valence-electron chi connectivity index (χ0n) is 17.1. The molecule has 27 heavy (non-hydrogen) atoms. The van der Waals surface area contributed by atoms with Gasteiger partial charge in [0.25, 0.3) is 0 Å². The normalized spacial score (nSPS) is 19.3. The second kappa shape index (κ2) is 11.1. The Hall–Kier alpha value is -1.04. The SMILES string of the molecule is CCN(CCC1CCCCC1)C(=S)CCCc1nnnn1C1CCCCC1. The number of thiocarbonyl (C=S) groups is 1. The highest BCUT2D eigenvalue weighted by Crippen LogP contribution is 2.28. The Kier molecular flexibility index (Phi) is 8.49. The summed E-state index contributed by atoms with van der Waals surface area (Å²) in [5, 5.41) is 12.5. The highest BCUT2D eigenvalue weighted by atomic mass is 32.1. The van der Waals surface area contributed by atoms with Gasteiger partial charge in [-0.1, -0.05) is 63.6 Å². The van der Waals surface area contributed by atoms with Crippen LogP contribution in [0.1, 0.15) is 102 Å². The fourth-order valence-corrected chi connectivity index (χ4v) is 5.18. The Bertz CT molecular complexity index is 561. The van der Waals surface area contributed by atoms with Crippen LogP contribution in [0.2, 0.25) is 0 Å². The summed E-state index contributed by atoms with van der Waals surface area (Å²) in [6, 6.07) is 0.512. The van der Waals surface area contributed by atoms with Gasteiger partial charge in [-0.15, -0.1) is 5.10 Å². The van der Waals surface area contributed by atoms with Gasteiger partial charge in [-0.2, -0.15) is 0 Å². The summed E-state index contributed by atoms with van der Waals surface area (Å²) in [7, 11) is 0. The van der Waals surface area contributed by atoms with E-state index in [1.54, 1.807) is 0 Å². The van der Waals surface area contributed by atoms with Crippen molar-refractivity contribution in [3.8, 4) is 0 Å². The first-order chi connectivity index (χ1) is 13.3. The van der Waals surface area contributed by atoms with Gasteiger partial charge in [0.1, 0.15) is 0 Å². The monoisotopic (exact) mass is 391 g/mol. The molecule has 2 aliphatic carbocycles. The summed E-state index contributed by atoms with van der Waals surface area (Å²) < 4.78 is 2.10. The molecular weight excluding hydrogens is 354 g/mol. The van der Waals surface area contributed by atoms with Crippen LogP contribution in [0.5, 0.6) is 0 Å². The van der Waals surface area contributed by atoms with E-state index < -0.39 is 0 Å². The molecule has 2 aliphatic rings. The number of aromatic nitrogens is 4. The summed E-state index contributed by atoms with van der Waals surface area (Å²) >= 11 is 5.76. The van der Waals surface area contributed by atoms with Crippen molar-refractivity contribution in [2.24, 2.45) is 5.92 Å². The topological polar surface area (TPSA) is 46.8 Å². The van der Waals surface area contributed by atoms with Crippen LogP contribution in [0.4, 0.5) is 0 Å². The zero-order chi connectivity index (χ0) is 18.9. The summed E-state index contributed by atoms with van der Waals surface area (Å²) in [5.74, 6) is 1.98. The third-order valence-electron chi connectivity index (χ3n) is 6.54. The first-order valence-corrected chi connectivity index (χ1v) is 11.7. The predicted molar refractivity (Wildman–Crippen MR) is 114 cm³/mol. The average molecular weight is 392 g/mol. The molecule has 0 N–H and O–H groups in total. The molecule has 0 unspecified atom stereocenters. The van der Waals surface area contributed by atoms with Crippen LogP contribution in [0.25, 0.3) is 0 Å². The molecule has 0 aromatic carbocycles. The molecule has 2 saturated carbocycles. The van der Waals surface area contributed by atoms with Gasteiger partial charge in [0.15, 0.2) is 5.82 Å². The Morgan fingerprint density at radius 2 is 1.78 bits per heavy atom. The Labute approximate surface area is 170 Å². The molecule has 0 atom stereocenters. The Morgan fingerprint density at radius 3 is 2.48 bits per heavy atom. The van der Waals surface area contributed by atoms with Crippen molar-refractivity contribution in [2.75, 3.05) is 13.1 Å². The summed E-state index contributed by atoms with van der Waals surface area (Å²) in [5.41, 5.74) is 0. The van der Waals surface area contributed by atoms with Crippen LogP contribution in [0.3, 0.4) is 0 Å². The second-order valence-electron chi connectivity index (χ2n) is 8.45. The van der Waals surface area contributed by atoms with E-state index in [0.29, 0.717) is 6.04 Å². The van der Waals surface area contributed by atoms with Crippen LogP contribution in [-0.2, 0) is 6.42 Å². The van der Waals surface area contributed by atoms with Gasteiger partial charge in [0, 0.05) is 19.5 Å². The second-order valence-corrected chi connectivity index (χ2v) is 8.92. The van der Waals surface area contributed by atoms with E-state index in [-0.39, 0.29) is 0 Å². The fraction of sp³-hybridized carbons (Fsp3) is 0.905. The van der Waals surface area contributed by atoms with Crippen LogP contribution in [0, 0.1) is 5.92 Å². The highest BCUT2D eigenvalue weighted by molar-refractivity contribution is 7.80.